The van der Waals surface area contributed by atoms with Gasteiger partial charge in [0.1, 0.15) is 5.82 Å². The van der Waals surface area contributed by atoms with Crippen molar-refractivity contribution in [3.63, 3.8) is 0 Å². The van der Waals surface area contributed by atoms with E-state index >= 15 is 0 Å². The van der Waals surface area contributed by atoms with Crippen LogP contribution in [0.4, 0.5) is 21.5 Å². The molecule has 2 aromatic carbocycles. The maximum atomic E-state index is 12.8. The molecule has 0 fully saturated rings. The minimum absolute atomic E-state index is 0.0571. The van der Waals surface area contributed by atoms with E-state index in [1.165, 1.54) is 24.3 Å². The second-order valence-corrected chi connectivity index (χ2v) is 5.34. The maximum Gasteiger partial charge on any atom is 0.243 e. The monoisotopic (exact) mass is 329 g/mol. The van der Waals surface area contributed by atoms with Crippen LogP contribution in [0.3, 0.4) is 0 Å². The van der Waals surface area contributed by atoms with Crippen molar-refractivity contribution in [2.75, 3.05) is 22.5 Å². The molecular weight excluding hydrogens is 309 g/mol. The SMILES string of the molecule is CCC(=O)Nc1cc(NCC(=O)Nc2ccc(F)cc2)ccc1C. The first-order valence-corrected chi connectivity index (χ1v) is 7.67. The van der Waals surface area contributed by atoms with Crippen LogP contribution < -0.4 is 16.0 Å². The summed E-state index contributed by atoms with van der Waals surface area (Å²) in [5, 5.41) is 8.48. The smallest absolute Gasteiger partial charge is 0.243 e. The fraction of sp³-hybridized carbons (Fsp3) is 0.222. The van der Waals surface area contributed by atoms with Crippen LogP contribution in [0.25, 0.3) is 0 Å². The van der Waals surface area contributed by atoms with E-state index in [9.17, 15) is 14.0 Å². The van der Waals surface area contributed by atoms with Gasteiger partial charge in [0.25, 0.3) is 0 Å². The summed E-state index contributed by atoms with van der Waals surface area (Å²) >= 11 is 0. The van der Waals surface area contributed by atoms with Crippen molar-refractivity contribution in [1.29, 1.82) is 0 Å². The number of nitrogens with one attached hydrogen (secondary N) is 3. The van der Waals surface area contributed by atoms with Crippen molar-refractivity contribution in [3.05, 3.63) is 53.8 Å². The van der Waals surface area contributed by atoms with E-state index < -0.39 is 0 Å². The molecule has 0 aliphatic heterocycles. The Bertz CT molecular complexity index is 730. The standard InChI is InChI=1S/C18H20FN3O2/c1-3-17(23)22-16-10-15(7-4-12(16)2)20-11-18(24)21-14-8-5-13(19)6-9-14/h4-10,20H,3,11H2,1-2H3,(H,21,24)(H,22,23). The second kappa shape index (κ2) is 8.10. The topological polar surface area (TPSA) is 70.2 Å². The lowest BCUT2D eigenvalue weighted by Gasteiger charge is -2.12. The van der Waals surface area contributed by atoms with Gasteiger partial charge in [-0.25, -0.2) is 4.39 Å². The van der Waals surface area contributed by atoms with Crippen LogP contribution in [-0.4, -0.2) is 18.4 Å². The largest absolute Gasteiger partial charge is 0.376 e. The number of carbonyl (C=O) groups is 2. The normalized spacial score (nSPS) is 10.1. The minimum Gasteiger partial charge on any atom is -0.376 e. The molecule has 0 bridgehead atoms. The average molecular weight is 329 g/mol. The number of anilines is 3. The molecule has 0 saturated carbocycles. The van der Waals surface area contributed by atoms with Gasteiger partial charge in [0.15, 0.2) is 0 Å². The van der Waals surface area contributed by atoms with Gasteiger partial charge in [0.2, 0.25) is 11.8 Å². The predicted molar refractivity (Wildman–Crippen MR) is 93.6 cm³/mol. The number of carbonyl (C=O) groups excluding carboxylic acids is 2. The van der Waals surface area contributed by atoms with Crippen molar-refractivity contribution in [3.8, 4) is 0 Å². The van der Waals surface area contributed by atoms with Gasteiger partial charge in [0, 0.05) is 23.5 Å². The Labute approximate surface area is 140 Å². The van der Waals surface area contributed by atoms with Crippen LogP contribution in [0.1, 0.15) is 18.9 Å². The Kier molecular flexibility index (Phi) is 5.89. The molecule has 0 heterocycles. The molecule has 0 saturated heterocycles. The third-order valence-electron chi connectivity index (χ3n) is 3.41. The summed E-state index contributed by atoms with van der Waals surface area (Å²) in [6.45, 7) is 3.74. The highest BCUT2D eigenvalue weighted by molar-refractivity contribution is 5.94. The molecule has 24 heavy (non-hydrogen) atoms. The Morgan fingerprint density at radius 3 is 2.29 bits per heavy atom. The van der Waals surface area contributed by atoms with E-state index in [-0.39, 0.29) is 24.2 Å². The van der Waals surface area contributed by atoms with Crippen molar-refractivity contribution >= 4 is 28.9 Å². The third kappa shape index (κ3) is 5.08. The lowest BCUT2D eigenvalue weighted by molar-refractivity contribution is -0.116. The van der Waals surface area contributed by atoms with E-state index in [1.807, 2.05) is 19.1 Å². The minimum atomic E-state index is -0.354. The number of aryl methyl sites for hydroxylation is 1. The summed E-state index contributed by atoms with van der Waals surface area (Å²) in [7, 11) is 0. The zero-order chi connectivity index (χ0) is 17.5. The van der Waals surface area contributed by atoms with E-state index in [1.54, 1.807) is 13.0 Å². The highest BCUT2D eigenvalue weighted by Crippen LogP contribution is 2.20. The number of rotatable bonds is 6. The third-order valence-corrected chi connectivity index (χ3v) is 3.41. The van der Waals surface area contributed by atoms with Gasteiger partial charge < -0.3 is 16.0 Å². The molecule has 0 aliphatic rings. The number of halogens is 1. The van der Waals surface area contributed by atoms with E-state index in [2.05, 4.69) is 16.0 Å². The number of hydrogen-bond donors (Lipinski definition) is 3. The van der Waals surface area contributed by atoms with Crippen molar-refractivity contribution < 1.29 is 14.0 Å². The van der Waals surface area contributed by atoms with Crippen molar-refractivity contribution in [2.45, 2.75) is 20.3 Å². The molecule has 0 aliphatic carbocycles. The van der Waals surface area contributed by atoms with Gasteiger partial charge in [-0.3, -0.25) is 9.59 Å². The van der Waals surface area contributed by atoms with E-state index in [4.69, 9.17) is 0 Å². The maximum absolute atomic E-state index is 12.8. The molecule has 0 spiro atoms. The van der Waals surface area contributed by atoms with Crippen LogP contribution in [0.5, 0.6) is 0 Å². The van der Waals surface area contributed by atoms with Gasteiger partial charge in [-0.05, 0) is 48.9 Å². The van der Waals surface area contributed by atoms with Crippen molar-refractivity contribution in [2.24, 2.45) is 0 Å². The summed E-state index contributed by atoms with van der Waals surface area (Å²) in [4.78, 5) is 23.4. The van der Waals surface area contributed by atoms with E-state index in [0.717, 1.165) is 11.3 Å². The fourth-order valence-electron chi connectivity index (χ4n) is 2.03. The lowest BCUT2D eigenvalue weighted by atomic mass is 10.1. The Hall–Kier alpha value is -2.89. The fourth-order valence-corrected chi connectivity index (χ4v) is 2.03. The summed E-state index contributed by atoms with van der Waals surface area (Å²) in [5.41, 5.74) is 2.91. The molecule has 2 amide bonds. The highest BCUT2D eigenvalue weighted by atomic mass is 19.1. The number of amides is 2. The Morgan fingerprint density at radius 1 is 0.958 bits per heavy atom. The summed E-state index contributed by atoms with van der Waals surface area (Å²) in [6.07, 6.45) is 0.400. The lowest BCUT2D eigenvalue weighted by Crippen LogP contribution is -2.21. The number of benzene rings is 2. The molecule has 2 aromatic rings. The van der Waals surface area contributed by atoms with Crippen molar-refractivity contribution in [1.82, 2.24) is 0 Å². The summed E-state index contributed by atoms with van der Waals surface area (Å²) in [6, 6.07) is 11.0. The highest BCUT2D eigenvalue weighted by Gasteiger charge is 2.06. The molecule has 0 unspecified atom stereocenters. The van der Waals surface area contributed by atoms with Gasteiger partial charge in [-0.2, -0.15) is 0 Å². The predicted octanol–water partition coefficient (Wildman–Crippen LogP) is 3.53. The molecule has 0 atom stereocenters. The zero-order valence-corrected chi connectivity index (χ0v) is 13.7. The molecule has 0 radical (unpaired) electrons. The first-order valence-electron chi connectivity index (χ1n) is 7.67. The van der Waals surface area contributed by atoms with E-state index in [0.29, 0.717) is 17.8 Å². The molecule has 5 nitrogen and oxygen atoms in total. The van der Waals surface area contributed by atoms with Gasteiger partial charge in [0.05, 0.1) is 6.54 Å². The van der Waals surface area contributed by atoms with Crippen LogP contribution in [0.2, 0.25) is 0 Å². The van der Waals surface area contributed by atoms with Gasteiger partial charge in [-0.1, -0.05) is 13.0 Å². The zero-order valence-electron chi connectivity index (χ0n) is 13.7. The average Bonchev–Trinajstić information content (AvgIpc) is 2.57. The van der Waals surface area contributed by atoms with Gasteiger partial charge >= 0.3 is 0 Å². The Balaban J connectivity index is 1.93. The molecular formula is C18H20FN3O2. The number of hydrogen-bond acceptors (Lipinski definition) is 3. The molecule has 126 valence electrons. The van der Waals surface area contributed by atoms with Crippen LogP contribution in [0.15, 0.2) is 42.5 Å². The molecule has 2 rings (SSSR count). The Morgan fingerprint density at radius 2 is 1.62 bits per heavy atom. The van der Waals surface area contributed by atoms with Crippen LogP contribution >= 0.6 is 0 Å². The first-order chi connectivity index (χ1) is 11.5. The molecule has 6 heteroatoms. The van der Waals surface area contributed by atoms with Gasteiger partial charge in [-0.15, -0.1) is 0 Å². The van der Waals surface area contributed by atoms with Crippen LogP contribution in [0, 0.1) is 12.7 Å². The summed E-state index contributed by atoms with van der Waals surface area (Å²) in [5.74, 6) is -0.668. The quantitative estimate of drug-likeness (QED) is 0.759. The summed E-state index contributed by atoms with van der Waals surface area (Å²) < 4.78 is 12.8. The van der Waals surface area contributed by atoms with Crippen LogP contribution in [-0.2, 0) is 9.59 Å². The molecule has 3 N–H and O–H groups in total. The second-order valence-electron chi connectivity index (χ2n) is 5.34. The molecule has 0 aromatic heterocycles. The first kappa shape index (κ1) is 17.5.